The van der Waals surface area contributed by atoms with E-state index in [2.05, 4.69) is 38.3 Å². The second kappa shape index (κ2) is 9.63. The van der Waals surface area contributed by atoms with Gasteiger partial charge in [-0.25, -0.2) is 0 Å². The van der Waals surface area contributed by atoms with Crippen molar-refractivity contribution in [2.75, 3.05) is 19.6 Å². The zero-order valence-corrected chi connectivity index (χ0v) is 15.7. The highest BCUT2D eigenvalue weighted by molar-refractivity contribution is 5.75. The number of ketones is 1. The van der Waals surface area contributed by atoms with E-state index in [4.69, 9.17) is 0 Å². The second-order valence-electron chi connectivity index (χ2n) is 7.07. The Bertz CT molecular complexity index is 540. The Morgan fingerprint density at radius 1 is 1.50 bits per heavy atom. The van der Waals surface area contributed by atoms with Crippen molar-refractivity contribution in [1.82, 2.24) is 4.90 Å². The zero-order chi connectivity index (χ0) is 18.2. The molecule has 1 aromatic carbocycles. The van der Waals surface area contributed by atoms with E-state index in [1.165, 1.54) is 5.56 Å². The second-order valence-corrected chi connectivity index (χ2v) is 7.07. The van der Waals surface area contributed by atoms with E-state index >= 15 is 0 Å². The number of likely N-dealkylation sites (tertiary alicyclic amines) is 1. The summed E-state index contributed by atoms with van der Waals surface area (Å²) in [6, 6.07) is 7.65. The SMILES string of the molecule is C=CCC.CC(=O)CCN1CC[C@@](C)(c2cccc(O)c2)[C@@H](C)C1. The topological polar surface area (TPSA) is 40.5 Å². The minimum Gasteiger partial charge on any atom is -0.508 e. The lowest BCUT2D eigenvalue weighted by Crippen LogP contribution is -2.47. The van der Waals surface area contributed by atoms with E-state index in [1.54, 1.807) is 13.0 Å². The Labute approximate surface area is 147 Å². The average Bonchev–Trinajstić information content (AvgIpc) is 2.56. The van der Waals surface area contributed by atoms with Crippen LogP contribution in [0.15, 0.2) is 36.9 Å². The summed E-state index contributed by atoms with van der Waals surface area (Å²) >= 11 is 0. The minimum absolute atomic E-state index is 0.103. The van der Waals surface area contributed by atoms with Crippen molar-refractivity contribution in [2.45, 2.75) is 52.4 Å². The number of benzene rings is 1. The van der Waals surface area contributed by atoms with Gasteiger partial charge in [0.1, 0.15) is 11.5 Å². The maximum absolute atomic E-state index is 11.1. The summed E-state index contributed by atoms with van der Waals surface area (Å²) in [5.41, 5.74) is 1.32. The smallest absolute Gasteiger partial charge is 0.131 e. The summed E-state index contributed by atoms with van der Waals surface area (Å²) in [5, 5.41) is 9.69. The van der Waals surface area contributed by atoms with Crippen LogP contribution < -0.4 is 0 Å². The van der Waals surface area contributed by atoms with Crippen LogP contribution in [-0.2, 0) is 10.2 Å². The van der Waals surface area contributed by atoms with E-state index in [0.717, 1.165) is 32.5 Å². The number of carbonyl (C=O) groups is 1. The molecule has 2 rings (SSSR count). The largest absolute Gasteiger partial charge is 0.508 e. The molecular weight excluding hydrogens is 298 g/mol. The number of nitrogens with zero attached hydrogens (tertiary/aromatic N) is 1. The quantitative estimate of drug-likeness (QED) is 0.805. The Morgan fingerprint density at radius 3 is 2.67 bits per heavy atom. The van der Waals surface area contributed by atoms with Gasteiger partial charge in [0.15, 0.2) is 0 Å². The first-order chi connectivity index (χ1) is 11.3. The lowest BCUT2D eigenvalue weighted by molar-refractivity contribution is -0.117. The third-order valence-corrected chi connectivity index (χ3v) is 5.14. The molecule has 0 spiro atoms. The van der Waals surface area contributed by atoms with Gasteiger partial charge in [-0.05, 0) is 55.3 Å². The van der Waals surface area contributed by atoms with E-state index in [9.17, 15) is 9.90 Å². The highest BCUT2D eigenvalue weighted by Gasteiger charge is 2.37. The van der Waals surface area contributed by atoms with Crippen molar-refractivity contribution in [1.29, 1.82) is 0 Å². The molecule has 1 fully saturated rings. The summed E-state index contributed by atoms with van der Waals surface area (Å²) in [4.78, 5) is 13.5. The van der Waals surface area contributed by atoms with E-state index in [1.807, 2.05) is 18.2 Å². The Kier molecular flexibility index (Phi) is 8.20. The van der Waals surface area contributed by atoms with Crippen molar-refractivity contribution in [3.63, 3.8) is 0 Å². The van der Waals surface area contributed by atoms with Crippen LogP contribution in [0.4, 0.5) is 0 Å². The Morgan fingerprint density at radius 2 is 2.17 bits per heavy atom. The molecule has 2 atom stereocenters. The summed E-state index contributed by atoms with van der Waals surface area (Å²) < 4.78 is 0. The molecule has 0 amide bonds. The van der Waals surface area contributed by atoms with Crippen LogP contribution in [0.3, 0.4) is 0 Å². The number of rotatable bonds is 5. The average molecular weight is 332 g/mol. The van der Waals surface area contributed by atoms with Crippen LogP contribution in [0.2, 0.25) is 0 Å². The molecule has 1 aliphatic rings. The summed E-state index contributed by atoms with van der Waals surface area (Å²) in [6.45, 7) is 14.7. The van der Waals surface area contributed by atoms with Crippen molar-refractivity contribution >= 4 is 5.78 Å². The predicted octanol–water partition coefficient (Wildman–Crippen LogP) is 4.55. The molecule has 0 bridgehead atoms. The molecule has 3 heteroatoms. The van der Waals surface area contributed by atoms with Gasteiger partial charge in [-0.15, -0.1) is 6.58 Å². The fraction of sp³-hybridized carbons (Fsp3) is 0.571. The first-order valence-electron chi connectivity index (χ1n) is 8.95. The number of carbonyl (C=O) groups excluding carboxylic acids is 1. The highest BCUT2D eigenvalue weighted by Crippen LogP contribution is 2.40. The van der Waals surface area contributed by atoms with Crippen LogP contribution in [-0.4, -0.2) is 35.4 Å². The van der Waals surface area contributed by atoms with Crippen molar-refractivity contribution < 1.29 is 9.90 Å². The normalized spacial score (nSPS) is 23.9. The van der Waals surface area contributed by atoms with Crippen molar-refractivity contribution in [3.05, 3.63) is 42.5 Å². The monoisotopic (exact) mass is 331 g/mol. The van der Waals surface area contributed by atoms with Gasteiger partial charge < -0.3 is 10.0 Å². The molecule has 0 aliphatic carbocycles. The Hall–Kier alpha value is -1.61. The number of phenols is 1. The molecule has 134 valence electrons. The maximum atomic E-state index is 11.1. The fourth-order valence-corrected chi connectivity index (χ4v) is 3.13. The number of Topliss-reactive ketones (excluding diaryl/α,β-unsaturated/α-hetero) is 1. The molecule has 1 aromatic rings. The molecule has 0 unspecified atom stereocenters. The molecule has 1 aliphatic heterocycles. The standard InChI is InChI=1S/C17H25NO2.C4H8/c1-13-12-18(9-7-14(2)19)10-8-17(13,3)15-5-4-6-16(20)11-15;1-3-4-2/h4-6,11,13,20H,7-10,12H2,1-3H3;3H,1,4H2,2H3/t13-,17+;/m0./s1. The number of phenolic OH excluding ortho intramolecular Hbond substituents is 1. The van der Waals surface area contributed by atoms with Gasteiger partial charge in [0.25, 0.3) is 0 Å². The molecular formula is C21H33NO2. The highest BCUT2D eigenvalue weighted by atomic mass is 16.3. The van der Waals surface area contributed by atoms with Crippen LogP contribution in [0, 0.1) is 5.92 Å². The van der Waals surface area contributed by atoms with Gasteiger partial charge in [-0.1, -0.05) is 39.0 Å². The molecule has 1 heterocycles. The summed E-state index contributed by atoms with van der Waals surface area (Å²) in [5.74, 6) is 1.11. The third kappa shape index (κ3) is 5.79. The molecule has 0 radical (unpaired) electrons. The van der Waals surface area contributed by atoms with Crippen molar-refractivity contribution in [2.24, 2.45) is 5.92 Å². The molecule has 0 aromatic heterocycles. The van der Waals surface area contributed by atoms with Gasteiger partial charge in [0, 0.05) is 19.5 Å². The molecule has 1 saturated heterocycles. The van der Waals surface area contributed by atoms with Gasteiger partial charge in [-0.3, -0.25) is 4.79 Å². The minimum atomic E-state index is 0.103. The summed E-state index contributed by atoms with van der Waals surface area (Å²) in [7, 11) is 0. The van der Waals surface area contributed by atoms with Gasteiger partial charge >= 0.3 is 0 Å². The molecule has 1 N–H and O–H groups in total. The van der Waals surface area contributed by atoms with Gasteiger partial charge in [0.05, 0.1) is 0 Å². The Balaban J connectivity index is 0.000000648. The number of allylic oxidation sites excluding steroid dienone is 1. The number of hydrogen-bond acceptors (Lipinski definition) is 3. The number of hydrogen-bond donors (Lipinski definition) is 1. The van der Waals surface area contributed by atoms with Crippen LogP contribution in [0.25, 0.3) is 0 Å². The predicted molar refractivity (Wildman–Crippen MR) is 101 cm³/mol. The first-order valence-corrected chi connectivity index (χ1v) is 8.95. The molecule has 24 heavy (non-hydrogen) atoms. The van der Waals surface area contributed by atoms with Gasteiger partial charge in [-0.2, -0.15) is 0 Å². The first kappa shape index (κ1) is 20.4. The van der Waals surface area contributed by atoms with E-state index in [-0.39, 0.29) is 11.2 Å². The van der Waals surface area contributed by atoms with Crippen LogP contribution >= 0.6 is 0 Å². The van der Waals surface area contributed by atoms with Gasteiger partial charge in [0.2, 0.25) is 0 Å². The number of aromatic hydroxyl groups is 1. The van der Waals surface area contributed by atoms with E-state index < -0.39 is 0 Å². The molecule has 0 saturated carbocycles. The van der Waals surface area contributed by atoms with Crippen molar-refractivity contribution in [3.8, 4) is 5.75 Å². The maximum Gasteiger partial charge on any atom is 0.131 e. The van der Waals surface area contributed by atoms with Crippen LogP contribution in [0.5, 0.6) is 5.75 Å². The third-order valence-electron chi connectivity index (χ3n) is 5.14. The fourth-order valence-electron chi connectivity index (χ4n) is 3.13. The number of piperidine rings is 1. The lowest BCUT2D eigenvalue weighted by atomic mass is 9.68. The summed E-state index contributed by atoms with van der Waals surface area (Å²) in [6.07, 6.45) is 4.67. The van der Waals surface area contributed by atoms with E-state index in [0.29, 0.717) is 18.1 Å². The van der Waals surface area contributed by atoms with Crippen LogP contribution in [0.1, 0.15) is 52.5 Å². The lowest BCUT2D eigenvalue weighted by Gasteiger charge is -2.45. The zero-order valence-electron chi connectivity index (χ0n) is 15.7. The molecule has 3 nitrogen and oxygen atoms in total.